The van der Waals surface area contributed by atoms with Crippen LogP contribution in [0, 0.1) is 5.82 Å². The van der Waals surface area contributed by atoms with Crippen molar-refractivity contribution in [3.05, 3.63) is 65.5 Å². The molecule has 1 spiro atoms. The van der Waals surface area contributed by atoms with Gasteiger partial charge in [0.05, 0.1) is 17.8 Å². The Bertz CT molecular complexity index is 927. The zero-order chi connectivity index (χ0) is 20.6. The molecule has 8 heteroatoms. The zero-order valence-electron chi connectivity index (χ0n) is 15.7. The minimum atomic E-state index is -0.973. The number of ketones is 1. The molecule has 1 saturated heterocycles. The molecule has 2 amide bonds. The molecule has 0 unspecified atom stereocenters. The maximum atomic E-state index is 15.2. The minimum absolute atomic E-state index is 0.0565. The van der Waals surface area contributed by atoms with Gasteiger partial charge in [0, 0.05) is 25.1 Å². The van der Waals surface area contributed by atoms with Crippen molar-refractivity contribution in [2.24, 2.45) is 0 Å². The first kappa shape index (κ1) is 19.3. The molecule has 0 saturated carbocycles. The van der Waals surface area contributed by atoms with Crippen LogP contribution in [0.25, 0.3) is 0 Å². The van der Waals surface area contributed by atoms with E-state index in [1.54, 1.807) is 24.3 Å². The van der Waals surface area contributed by atoms with Gasteiger partial charge in [-0.05, 0) is 42.7 Å². The summed E-state index contributed by atoms with van der Waals surface area (Å²) in [4.78, 5) is 26.5. The SMILES string of the molecule is O=C1CC2(CCN(C(=O)N(O)Cc3ccc(F)cc3)CC2)N(F)c2ccccc21. The quantitative estimate of drug-likeness (QED) is 0.470. The van der Waals surface area contributed by atoms with E-state index >= 15 is 4.48 Å². The maximum Gasteiger partial charge on any atom is 0.344 e. The normalized spacial score (nSPS) is 18.0. The Morgan fingerprint density at radius 1 is 1.10 bits per heavy atom. The summed E-state index contributed by atoms with van der Waals surface area (Å²) in [6, 6.07) is 11.5. The van der Waals surface area contributed by atoms with Gasteiger partial charge in [0.2, 0.25) is 0 Å². The summed E-state index contributed by atoms with van der Waals surface area (Å²) in [5, 5.41) is 11.4. The van der Waals surface area contributed by atoms with Gasteiger partial charge in [0.25, 0.3) is 0 Å². The number of carbonyl (C=O) groups excluding carboxylic acids is 2. The maximum absolute atomic E-state index is 15.2. The van der Waals surface area contributed by atoms with Crippen molar-refractivity contribution < 1.29 is 23.7 Å². The molecule has 0 bridgehead atoms. The second-order valence-corrected chi connectivity index (χ2v) is 7.58. The van der Waals surface area contributed by atoms with Gasteiger partial charge in [-0.15, -0.1) is 0 Å². The van der Waals surface area contributed by atoms with Crippen molar-refractivity contribution >= 4 is 17.5 Å². The number of amides is 2. The third kappa shape index (κ3) is 3.55. The van der Waals surface area contributed by atoms with E-state index < -0.39 is 17.4 Å². The summed E-state index contributed by atoms with van der Waals surface area (Å²) in [7, 11) is 0. The summed E-state index contributed by atoms with van der Waals surface area (Å²) >= 11 is 0. The van der Waals surface area contributed by atoms with E-state index in [1.807, 2.05) is 0 Å². The molecule has 2 aliphatic heterocycles. The fourth-order valence-corrected chi connectivity index (χ4v) is 4.08. The third-order valence-corrected chi connectivity index (χ3v) is 5.75. The van der Waals surface area contributed by atoms with Crippen LogP contribution in [-0.4, -0.2) is 45.6 Å². The standard InChI is InChI=1S/C21H21F2N3O3/c22-16-7-5-15(6-8-16)14-25(29)20(28)24-11-9-21(10-12-24)13-19(27)17-3-1-2-4-18(17)26(21)23/h1-8,29H,9-14H2. The van der Waals surface area contributed by atoms with Crippen molar-refractivity contribution in [3.8, 4) is 0 Å². The number of urea groups is 1. The molecule has 152 valence electrons. The van der Waals surface area contributed by atoms with Crippen LogP contribution in [0.15, 0.2) is 48.5 Å². The van der Waals surface area contributed by atoms with E-state index in [2.05, 4.69) is 0 Å². The lowest BCUT2D eigenvalue weighted by molar-refractivity contribution is -0.0674. The van der Waals surface area contributed by atoms with Gasteiger partial charge < -0.3 is 4.90 Å². The molecule has 0 aliphatic carbocycles. The number of piperidine rings is 1. The van der Waals surface area contributed by atoms with Crippen LogP contribution < -0.4 is 5.12 Å². The highest BCUT2D eigenvalue weighted by Crippen LogP contribution is 2.43. The molecule has 2 aliphatic rings. The van der Waals surface area contributed by atoms with Crippen molar-refractivity contribution in [3.63, 3.8) is 0 Å². The van der Waals surface area contributed by atoms with Crippen molar-refractivity contribution in [1.29, 1.82) is 0 Å². The highest BCUT2D eigenvalue weighted by Gasteiger charge is 2.48. The number of hydrogen-bond acceptors (Lipinski definition) is 4. The first-order valence-electron chi connectivity index (χ1n) is 9.48. The highest BCUT2D eigenvalue weighted by molar-refractivity contribution is 6.04. The number of likely N-dealkylation sites (tertiary alicyclic amines) is 1. The summed E-state index contributed by atoms with van der Waals surface area (Å²) in [6.45, 7) is 0.353. The van der Waals surface area contributed by atoms with E-state index in [0.29, 0.717) is 21.3 Å². The number of hydroxylamine groups is 2. The monoisotopic (exact) mass is 401 g/mol. The van der Waals surface area contributed by atoms with E-state index in [4.69, 9.17) is 0 Å². The predicted octanol–water partition coefficient (Wildman–Crippen LogP) is 3.95. The lowest BCUT2D eigenvalue weighted by atomic mass is 9.78. The number of nitrogens with zero attached hydrogens (tertiary/aromatic N) is 3. The molecule has 29 heavy (non-hydrogen) atoms. The first-order chi connectivity index (χ1) is 13.9. The Kier molecular flexibility index (Phi) is 4.96. The van der Waals surface area contributed by atoms with Crippen LogP contribution in [0.3, 0.4) is 0 Å². The molecule has 6 nitrogen and oxygen atoms in total. The average molecular weight is 401 g/mol. The van der Waals surface area contributed by atoms with Gasteiger partial charge in [0.1, 0.15) is 5.82 Å². The van der Waals surface area contributed by atoms with Gasteiger partial charge in [-0.3, -0.25) is 10.0 Å². The zero-order valence-corrected chi connectivity index (χ0v) is 15.7. The van der Waals surface area contributed by atoms with E-state index in [9.17, 15) is 19.2 Å². The molecule has 2 aromatic rings. The molecule has 0 atom stereocenters. The van der Waals surface area contributed by atoms with Gasteiger partial charge in [-0.25, -0.2) is 19.4 Å². The second kappa shape index (κ2) is 7.44. The molecule has 1 N–H and O–H groups in total. The van der Waals surface area contributed by atoms with Crippen LogP contribution in [0.4, 0.5) is 19.4 Å². The van der Waals surface area contributed by atoms with Gasteiger partial charge in [-0.2, -0.15) is 0 Å². The van der Waals surface area contributed by atoms with Crippen LogP contribution in [0.1, 0.15) is 35.2 Å². The fourth-order valence-electron chi connectivity index (χ4n) is 4.08. The van der Waals surface area contributed by atoms with Crippen LogP contribution in [0.2, 0.25) is 0 Å². The predicted molar refractivity (Wildman–Crippen MR) is 102 cm³/mol. The van der Waals surface area contributed by atoms with E-state index in [-0.39, 0.29) is 50.4 Å². The van der Waals surface area contributed by atoms with Crippen molar-refractivity contribution in [2.75, 3.05) is 18.2 Å². The number of hydrogen-bond donors (Lipinski definition) is 1. The highest BCUT2D eigenvalue weighted by atomic mass is 19.2. The van der Waals surface area contributed by atoms with Gasteiger partial charge in [0.15, 0.2) is 5.78 Å². The van der Waals surface area contributed by atoms with Crippen LogP contribution in [0.5, 0.6) is 0 Å². The molecule has 1 fully saturated rings. The Balaban J connectivity index is 1.42. The minimum Gasteiger partial charge on any atom is -0.323 e. The van der Waals surface area contributed by atoms with Crippen molar-refractivity contribution in [2.45, 2.75) is 31.3 Å². The summed E-state index contributed by atoms with van der Waals surface area (Å²) < 4.78 is 28.2. The van der Waals surface area contributed by atoms with E-state index in [1.165, 1.54) is 29.2 Å². The van der Waals surface area contributed by atoms with Gasteiger partial charge >= 0.3 is 6.03 Å². The number of benzene rings is 2. The number of anilines is 1. The molecular formula is C21H21F2N3O3. The lowest BCUT2D eigenvalue weighted by Gasteiger charge is -2.47. The molecule has 2 aromatic carbocycles. The molecule has 4 rings (SSSR count). The van der Waals surface area contributed by atoms with Gasteiger partial charge in [-0.1, -0.05) is 28.7 Å². The number of rotatable bonds is 2. The number of fused-ring (bicyclic) bond motifs is 1. The molecule has 0 radical (unpaired) electrons. The lowest BCUT2D eigenvalue weighted by Crippen LogP contribution is -2.58. The number of halogens is 2. The Labute approximate surface area is 166 Å². The van der Waals surface area contributed by atoms with Crippen LogP contribution >= 0.6 is 0 Å². The number of para-hydroxylation sites is 1. The number of Topliss-reactive ketones (excluding diaryl/α,β-unsaturated/α-hetero) is 1. The smallest absolute Gasteiger partial charge is 0.323 e. The summed E-state index contributed by atoms with van der Waals surface area (Å²) in [5.74, 6) is -0.500. The fraction of sp³-hybridized carbons (Fsp3) is 0.333. The average Bonchev–Trinajstić information content (AvgIpc) is 2.74. The Hall–Kier alpha value is -3.00. The summed E-state index contributed by atoms with van der Waals surface area (Å²) in [6.07, 6.45) is 0.611. The first-order valence-corrected chi connectivity index (χ1v) is 9.48. The Morgan fingerprint density at radius 2 is 1.76 bits per heavy atom. The Morgan fingerprint density at radius 3 is 2.45 bits per heavy atom. The number of carbonyl (C=O) groups is 2. The van der Waals surface area contributed by atoms with Crippen LogP contribution in [-0.2, 0) is 6.54 Å². The van der Waals surface area contributed by atoms with E-state index in [0.717, 1.165) is 0 Å². The third-order valence-electron chi connectivity index (χ3n) is 5.75. The molecule has 2 heterocycles. The van der Waals surface area contributed by atoms with Crippen molar-refractivity contribution in [1.82, 2.24) is 9.96 Å². The summed E-state index contributed by atoms with van der Waals surface area (Å²) in [5.41, 5.74) is 0.253. The largest absolute Gasteiger partial charge is 0.344 e. The topological polar surface area (TPSA) is 64.1 Å². The molecule has 0 aromatic heterocycles. The molecular weight excluding hydrogens is 380 g/mol. The second-order valence-electron chi connectivity index (χ2n) is 7.58.